The molecule has 0 spiro atoms. The normalized spacial score (nSPS) is 12.1. The number of carbonyl (C=O) groups is 3. The van der Waals surface area contributed by atoms with E-state index >= 15 is 0 Å². The zero-order valence-corrected chi connectivity index (χ0v) is 19.7. The Balaban J connectivity index is 1.39. The Bertz CT molecular complexity index is 1210. The monoisotopic (exact) mass is 476 g/mol. The lowest BCUT2D eigenvalue weighted by atomic mass is 9.98. The summed E-state index contributed by atoms with van der Waals surface area (Å²) in [4.78, 5) is 37.9. The molecule has 4 rings (SSSR count). The average Bonchev–Trinajstić information content (AvgIpc) is 3.39. The Morgan fingerprint density at radius 1 is 1.09 bits per heavy atom. The second-order valence-corrected chi connectivity index (χ2v) is 8.35. The number of ether oxygens (including phenoxy) is 1. The molecule has 2 amide bonds. The summed E-state index contributed by atoms with van der Waals surface area (Å²) in [6.45, 7) is 2.48. The summed E-state index contributed by atoms with van der Waals surface area (Å²) in [6.07, 6.45) is 0.777. The molecule has 1 aromatic heterocycles. The van der Waals surface area contributed by atoms with E-state index in [9.17, 15) is 14.4 Å². The van der Waals surface area contributed by atoms with Crippen molar-refractivity contribution in [2.45, 2.75) is 25.8 Å². The van der Waals surface area contributed by atoms with Gasteiger partial charge in [-0.05, 0) is 29.2 Å². The molecular formula is C26H28N4O5. The van der Waals surface area contributed by atoms with Gasteiger partial charge in [0, 0.05) is 31.6 Å². The maximum atomic E-state index is 13.0. The van der Waals surface area contributed by atoms with Gasteiger partial charge in [-0.3, -0.25) is 14.3 Å². The number of aromatic nitrogens is 2. The van der Waals surface area contributed by atoms with Crippen molar-refractivity contribution in [3.63, 3.8) is 0 Å². The Morgan fingerprint density at radius 3 is 2.31 bits per heavy atom. The van der Waals surface area contributed by atoms with E-state index in [-0.39, 0.29) is 37.9 Å². The van der Waals surface area contributed by atoms with E-state index in [1.807, 2.05) is 24.3 Å². The number of carbonyl (C=O) groups excluding carboxylic acids is 2. The number of carboxylic acid groups (broad SMARTS) is 1. The van der Waals surface area contributed by atoms with E-state index < -0.39 is 12.1 Å². The summed E-state index contributed by atoms with van der Waals surface area (Å²) in [5.74, 6) is -1.35. The SMILES string of the molecule is CCN(CCC(=O)O)C(=O)c1c(CNC(=O)OCC2c3ccccc3-c3ccccc32)cnn1C. The minimum Gasteiger partial charge on any atom is -0.481 e. The number of alkyl carbamates (subject to hydrolysis) is 1. The van der Waals surface area contributed by atoms with Crippen LogP contribution in [-0.2, 0) is 23.1 Å². The molecular weight excluding hydrogens is 448 g/mol. The first-order valence-electron chi connectivity index (χ1n) is 11.5. The highest BCUT2D eigenvalue weighted by Crippen LogP contribution is 2.44. The van der Waals surface area contributed by atoms with Gasteiger partial charge in [-0.15, -0.1) is 0 Å². The topological polar surface area (TPSA) is 114 Å². The molecule has 0 saturated carbocycles. The zero-order valence-electron chi connectivity index (χ0n) is 19.7. The number of carboxylic acids is 1. The fraction of sp³-hybridized carbons (Fsp3) is 0.308. The first-order valence-corrected chi connectivity index (χ1v) is 11.5. The van der Waals surface area contributed by atoms with Gasteiger partial charge in [-0.25, -0.2) is 4.79 Å². The third-order valence-corrected chi connectivity index (χ3v) is 6.25. The molecule has 1 aliphatic rings. The first-order chi connectivity index (χ1) is 16.9. The lowest BCUT2D eigenvalue weighted by molar-refractivity contribution is -0.137. The van der Waals surface area contributed by atoms with E-state index in [4.69, 9.17) is 9.84 Å². The van der Waals surface area contributed by atoms with Gasteiger partial charge in [0.05, 0.1) is 19.2 Å². The molecule has 0 saturated heterocycles. The summed E-state index contributed by atoms with van der Waals surface area (Å²) in [5.41, 5.74) is 5.39. The van der Waals surface area contributed by atoms with Crippen molar-refractivity contribution >= 4 is 18.0 Å². The fourth-order valence-electron chi connectivity index (χ4n) is 4.49. The quantitative estimate of drug-likeness (QED) is 0.489. The van der Waals surface area contributed by atoms with Crippen LogP contribution >= 0.6 is 0 Å². The van der Waals surface area contributed by atoms with Crippen LogP contribution in [0.5, 0.6) is 0 Å². The molecule has 0 bridgehead atoms. The maximum absolute atomic E-state index is 13.0. The number of aryl methyl sites for hydroxylation is 1. The van der Waals surface area contributed by atoms with Crippen LogP contribution in [0.25, 0.3) is 11.1 Å². The number of hydrogen-bond acceptors (Lipinski definition) is 5. The number of fused-ring (bicyclic) bond motifs is 3. The summed E-state index contributed by atoms with van der Waals surface area (Å²) in [6, 6.07) is 16.2. The Kier molecular flexibility index (Phi) is 7.14. The Morgan fingerprint density at radius 2 is 1.71 bits per heavy atom. The standard InChI is InChI=1S/C26H28N4O5/c1-3-30(13-12-23(31)32)25(33)24-17(15-28-29(24)2)14-27-26(34)35-16-22-20-10-6-4-8-18(20)19-9-5-7-11-21(19)22/h4-11,15,22H,3,12-14,16H2,1-2H3,(H,27,34)(H,31,32). The number of rotatable bonds is 9. The minimum absolute atomic E-state index is 0.0453. The van der Waals surface area contributed by atoms with Crippen LogP contribution < -0.4 is 5.32 Å². The predicted octanol–water partition coefficient (Wildman–Crippen LogP) is 3.40. The first kappa shape index (κ1) is 24.0. The van der Waals surface area contributed by atoms with E-state index in [2.05, 4.69) is 34.7 Å². The number of benzene rings is 2. The molecule has 9 heteroatoms. The van der Waals surface area contributed by atoms with Gasteiger partial charge in [-0.1, -0.05) is 48.5 Å². The third-order valence-electron chi connectivity index (χ3n) is 6.25. The third kappa shape index (κ3) is 5.03. The molecule has 1 aliphatic carbocycles. The van der Waals surface area contributed by atoms with Crippen molar-refractivity contribution in [2.75, 3.05) is 19.7 Å². The zero-order chi connectivity index (χ0) is 24.9. The summed E-state index contributed by atoms with van der Waals surface area (Å²) in [7, 11) is 1.63. The van der Waals surface area contributed by atoms with Crippen LogP contribution in [0.15, 0.2) is 54.7 Å². The maximum Gasteiger partial charge on any atom is 0.407 e. The minimum atomic E-state index is -0.974. The van der Waals surface area contributed by atoms with Crippen molar-refractivity contribution in [3.8, 4) is 11.1 Å². The highest BCUT2D eigenvalue weighted by molar-refractivity contribution is 5.94. The van der Waals surface area contributed by atoms with Crippen LogP contribution in [0.4, 0.5) is 4.79 Å². The molecule has 2 aromatic carbocycles. The molecule has 2 N–H and O–H groups in total. The molecule has 3 aromatic rings. The van der Waals surface area contributed by atoms with Crippen molar-refractivity contribution in [2.24, 2.45) is 7.05 Å². The van der Waals surface area contributed by atoms with E-state index in [0.717, 1.165) is 22.3 Å². The highest BCUT2D eigenvalue weighted by Gasteiger charge is 2.29. The molecule has 0 radical (unpaired) electrons. The highest BCUT2D eigenvalue weighted by atomic mass is 16.5. The lowest BCUT2D eigenvalue weighted by Gasteiger charge is -2.21. The van der Waals surface area contributed by atoms with Gasteiger partial charge < -0.3 is 20.1 Å². The largest absolute Gasteiger partial charge is 0.481 e. The van der Waals surface area contributed by atoms with Crippen molar-refractivity contribution in [3.05, 3.63) is 77.1 Å². The predicted molar refractivity (Wildman–Crippen MR) is 129 cm³/mol. The molecule has 35 heavy (non-hydrogen) atoms. The van der Waals surface area contributed by atoms with Crippen LogP contribution in [0.1, 0.15) is 46.4 Å². The molecule has 182 valence electrons. The van der Waals surface area contributed by atoms with Crippen LogP contribution in [-0.4, -0.2) is 57.5 Å². The van der Waals surface area contributed by atoms with Gasteiger partial charge >= 0.3 is 12.1 Å². The van der Waals surface area contributed by atoms with Crippen molar-refractivity contribution < 1.29 is 24.2 Å². The molecule has 0 aliphatic heterocycles. The molecule has 0 atom stereocenters. The van der Waals surface area contributed by atoms with Crippen molar-refractivity contribution in [1.29, 1.82) is 0 Å². The second kappa shape index (κ2) is 10.4. The van der Waals surface area contributed by atoms with E-state index in [0.29, 0.717) is 17.8 Å². The smallest absolute Gasteiger partial charge is 0.407 e. The number of aliphatic carboxylic acids is 1. The number of hydrogen-bond donors (Lipinski definition) is 2. The van der Waals surface area contributed by atoms with E-state index in [1.54, 1.807) is 14.0 Å². The summed E-state index contributed by atoms with van der Waals surface area (Å²) in [5, 5.41) is 15.8. The van der Waals surface area contributed by atoms with Crippen LogP contribution in [0.3, 0.4) is 0 Å². The summed E-state index contributed by atoms with van der Waals surface area (Å²) >= 11 is 0. The average molecular weight is 477 g/mol. The lowest BCUT2D eigenvalue weighted by Crippen LogP contribution is -2.35. The molecule has 1 heterocycles. The molecule has 0 unspecified atom stereocenters. The van der Waals surface area contributed by atoms with E-state index in [1.165, 1.54) is 15.8 Å². The Labute approximate surface area is 203 Å². The van der Waals surface area contributed by atoms with Gasteiger partial charge in [0.1, 0.15) is 12.3 Å². The van der Waals surface area contributed by atoms with Gasteiger partial charge in [0.25, 0.3) is 5.91 Å². The molecule has 0 fully saturated rings. The van der Waals surface area contributed by atoms with Crippen LogP contribution in [0, 0.1) is 0 Å². The number of nitrogens with zero attached hydrogens (tertiary/aromatic N) is 3. The van der Waals surface area contributed by atoms with Gasteiger partial charge in [-0.2, -0.15) is 5.10 Å². The molecule has 9 nitrogen and oxygen atoms in total. The van der Waals surface area contributed by atoms with Crippen LogP contribution in [0.2, 0.25) is 0 Å². The number of amides is 2. The van der Waals surface area contributed by atoms with Crippen molar-refractivity contribution in [1.82, 2.24) is 20.0 Å². The second-order valence-electron chi connectivity index (χ2n) is 8.35. The Hall–Kier alpha value is -4.14. The fourth-order valence-corrected chi connectivity index (χ4v) is 4.49. The van der Waals surface area contributed by atoms with Gasteiger partial charge in [0.2, 0.25) is 0 Å². The number of nitrogens with one attached hydrogen (secondary N) is 1. The van der Waals surface area contributed by atoms with Gasteiger partial charge in [0.15, 0.2) is 0 Å². The summed E-state index contributed by atoms with van der Waals surface area (Å²) < 4.78 is 7.00.